The molecule has 0 bridgehead atoms. The first-order valence-corrected chi connectivity index (χ1v) is 5.65. The first-order chi connectivity index (χ1) is 7.67. The lowest BCUT2D eigenvalue weighted by molar-refractivity contribution is 0.154. The minimum Gasteiger partial charge on any atom is -0.493 e. The highest BCUT2D eigenvalue weighted by atomic mass is 16.5. The molecule has 90 valence electrons. The number of aliphatic hydroxyl groups is 1. The lowest BCUT2D eigenvalue weighted by atomic mass is 10.1. The summed E-state index contributed by atoms with van der Waals surface area (Å²) in [6.07, 6.45) is 1.27. The van der Waals surface area contributed by atoms with Gasteiger partial charge in [0.1, 0.15) is 0 Å². The zero-order chi connectivity index (χ0) is 12.0. The van der Waals surface area contributed by atoms with Crippen molar-refractivity contribution in [2.75, 3.05) is 13.7 Å². The molecule has 0 aromatic heterocycles. The van der Waals surface area contributed by atoms with Crippen molar-refractivity contribution >= 4 is 0 Å². The molecule has 0 aliphatic carbocycles. The van der Waals surface area contributed by atoms with E-state index in [4.69, 9.17) is 14.6 Å². The zero-order valence-corrected chi connectivity index (χ0v) is 10.2. The molecule has 0 fully saturated rings. The summed E-state index contributed by atoms with van der Waals surface area (Å²) < 4.78 is 10.8. The van der Waals surface area contributed by atoms with Gasteiger partial charge in [0, 0.05) is 6.42 Å². The van der Waals surface area contributed by atoms with Crippen LogP contribution >= 0.6 is 0 Å². The molecular weight excluding hydrogens is 204 g/mol. The van der Waals surface area contributed by atoms with Gasteiger partial charge in [-0.1, -0.05) is 13.0 Å². The standard InChI is InChI=1S/C13H20O3/c1-4-11-5-6-12(13(9-11)15-3)16-8-7-10(2)14/h5-6,9-10,14H,4,7-8H2,1-3H3. The summed E-state index contributed by atoms with van der Waals surface area (Å²) in [5.41, 5.74) is 1.22. The minimum atomic E-state index is -0.332. The second-order valence-corrected chi connectivity index (χ2v) is 3.82. The van der Waals surface area contributed by atoms with Gasteiger partial charge in [-0.15, -0.1) is 0 Å². The van der Waals surface area contributed by atoms with E-state index in [-0.39, 0.29) is 6.10 Å². The van der Waals surface area contributed by atoms with Gasteiger partial charge in [-0.05, 0) is 31.0 Å². The van der Waals surface area contributed by atoms with Crippen molar-refractivity contribution < 1.29 is 14.6 Å². The molecule has 1 rings (SSSR count). The highest BCUT2D eigenvalue weighted by molar-refractivity contribution is 5.42. The summed E-state index contributed by atoms with van der Waals surface area (Å²) in [7, 11) is 1.64. The molecule has 3 heteroatoms. The summed E-state index contributed by atoms with van der Waals surface area (Å²) >= 11 is 0. The molecule has 0 saturated heterocycles. The van der Waals surface area contributed by atoms with Gasteiger partial charge >= 0.3 is 0 Å². The van der Waals surface area contributed by atoms with Crippen molar-refractivity contribution in [1.82, 2.24) is 0 Å². The summed E-state index contributed by atoms with van der Waals surface area (Å²) in [5.74, 6) is 1.49. The first-order valence-electron chi connectivity index (χ1n) is 5.65. The molecule has 0 radical (unpaired) electrons. The van der Waals surface area contributed by atoms with E-state index in [2.05, 4.69) is 6.92 Å². The second kappa shape index (κ2) is 6.38. The number of aliphatic hydroxyl groups excluding tert-OH is 1. The number of hydrogen-bond acceptors (Lipinski definition) is 3. The van der Waals surface area contributed by atoms with Crippen molar-refractivity contribution in [2.24, 2.45) is 0 Å². The average molecular weight is 224 g/mol. The Bertz CT molecular complexity index is 321. The van der Waals surface area contributed by atoms with E-state index in [0.29, 0.717) is 13.0 Å². The average Bonchev–Trinajstić information content (AvgIpc) is 2.29. The number of ether oxygens (including phenoxy) is 2. The fourth-order valence-corrected chi connectivity index (χ4v) is 1.39. The number of benzene rings is 1. The Labute approximate surface area is 97.0 Å². The van der Waals surface area contributed by atoms with Gasteiger partial charge in [-0.3, -0.25) is 0 Å². The number of aryl methyl sites for hydroxylation is 1. The molecule has 1 aromatic rings. The van der Waals surface area contributed by atoms with Crippen LogP contribution in [-0.2, 0) is 6.42 Å². The van der Waals surface area contributed by atoms with E-state index in [1.165, 1.54) is 5.56 Å². The molecular formula is C13H20O3. The van der Waals surface area contributed by atoms with E-state index in [0.717, 1.165) is 17.9 Å². The van der Waals surface area contributed by atoms with Crippen LogP contribution in [0.4, 0.5) is 0 Å². The Balaban J connectivity index is 2.64. The van der Waals surface area contributed by atoms with E-state index < -0.39 is 0 Å². The van der Waals surface area contributed by atoms with Crippen LogP contribution in [0.1, 0.15) is 25.8 Å². The topological polar surface area (TPSA) is 38.7 Å². The molecule has 3 nitrogen and oxygen atoms in total. The largest absolute Gasteiger partial charge is 0.493 e. The fraction of sp³-hybridized carbons (Fsp3) is 0.538. The van der Waals surface area contributed by atoms with Gasteiger partial charge in [-0.2, -0.15) is 0 Å². The van der Waals surface area contributed by atoms with E-state index in [1.54, 1.807) is 14.0 Å². The van der Waals surface area contributed by atoms with Crippen molar-refractivity contribution in [2.45, 2.75) is 32.8 Å². The molecule has 1 N–H and O–H groups in total. The van der Waals surface area contributed by atoms with E-state index >= 15 is 0 Å². The maximum Gasteiger partial charge on any atom is 0.161 e. The number of rotatable bonds is 6. The highest BCUT2D eigenvalue weighted by Gasteiger charge is 2.05. The Morgan fingerprint density at radius 1 is 1.31 bits per heavy atom. The summed E-state index contributed by atoms with van der Waals surface area (Å²) in [5, 5.41) is 9.13. The molecule has 1 unspecified atom stereocenters. The van der Waals surface area contributed by atoms with E-state index in [1.807, 2.05) is 18.2 Å². The SMILES string of the molecule is CCc1ccc(OCCC(C)O)c(OC)c1. The van der Waals surface area contributed by atoms with Crippen LogP contribution in [-0.4, -0.2) is 24.9 Å². The van der Waals surface area contributed by atoms with Gasteiger partial charge in [0.2, 0.25) is 0 Å². The quantitative estimate of drug-likeness (QED) is 0.806. The summed E-state index contributed by atoms with van der Waals surface area (Å²) in [6, 6.07) is 5.93. The molecule has 0 amide bonds. The molecule has 0 saturated carbocycles. The molecule has 1 aromatic carbocycles. The Morgan fingerprint density at radius 3 is 2.62 bits per heavy atom. The predicted molar refractivity (Wildman–Crippen MR) is 64.2 cm³/mol. The molecule has 0 spiro atoms. The maximum absolute atomic E-state index is 9.13. The highest BCUT2D eigenvalue weighted by Crippen LogP contribution is 2.28. The van der Waals surface area contributed by atoms with Crippen molar-refractivity contribution in [3.63, 3.8) is 0 Å². The van der Waals surface area contributed by atoms with E-state index in [9.17, 15) is 0 Å². The van der Waals surface area contributed by atoms with Gasteiger partial charge in [-0.25, -0.2) is 0 Å². The summed E-state index contributed by atoms with van der Waals surface area (Å²) in [4.78, 5) is 0. The van der Waals surface area contributed by atoms with Gasteiger partial charge in [0.05, 0.1) is 19.8 Å². The van der Waals surface area contributed by atoms with Gasteiger partial charge in [0.25, 0.3) is 0 Å². The van der Waals surface area contributed by atoms with Crippen LogP contribution < -0.4 is 9.47 Å². The molecule has 0 heterocycles. The van der Waals surface area contributed by atoms with Gasteiger partial charge < -0.3 is 14.6 Å². The van der Waals surface area contributed by atoms with Crippen LogP contribution in [0.15, 0.2) is 18.2 Å². The maximum atomic E-state index is 9.13. The third kappa shape index (κ3) is 3.74. The normalized spacial score (nSPS) is 12.2. The van der Waals surface area contributed by atoms with Crippen LogP contribution in [0, 0.1) is 0 Å². The van der Waals surface area contributed by atoms with Crippen LogP contribution in [0.25, 0.3) is 0 Å². The number of methoxy groups -OCH3 is 1. The fourth-order valence-electron chi connectivity index (χ4n) is 1.39. The zero-order valence-electron chi connectivity index (χ0n) is 10.2. The van der Waals surface area contributed by atoms with Crippen LogP contribution in [0.3, 0.4) is 0 Å². The first kappa shape index (κ1) is 12.8. The van der Waals surface area contributed by atoms with Crippen LogP contribution in [0.2, 0.25) is 0 Å². The van der Waals surface area contributed by atoms with Crippen molar-refractivity contribution in [3.05, 3.63) is 23.8 Å². The van der Waals surface area contributed by atoms with Crippen LogP contribution in [0.5, 0.6) is 11.5 Å². The lowest BCUT2D eigenvalue weighted by Gasteiger charge is -2.12. The van der Waals surface area contributed by atoms with Gasteiger partial charge in [0.15, 0.2) is 11.5 Å². The Morgan fingerprint density at radius 2 is 2.06 bits per heavy atom. The van der Waals surface area contributed by atoms with Crippen molar-refractivity contribution in [1.29, 1.82) is 0 Å². The lowest BCUT2D eigenvalue weighted by Crippen LogP contribution is -2.08. The summed E-state index contributed by atoms with van der Waals surface area (Å²) in [6.45, 7) is 4.35. The van der Waals surface area contributed by atoms with Crippen molar-refractivity contribution in [3.8, 4) is 11.5 Å². The minimum absolute atomic E-state index is 0.332. The molecule has 0 aliphatic heterocycles. The molecule has 1 atom stereocenters. The third-order valence-corrected chi connectivity index (χ3v) is 2.43. The Kier molecular flexibility index (Phi) is 5.12. The second-order valence-electron chi connectivity index (χ2n) is 3.82. The molecule has 0 aliphatic rings. The third-order valence-electron chi connectivity index (χ3n) is 2.43. The monoisotopic (exact) mass is 224 g/mol. The smallest absolute Gasteiger partial charge is 0.161 e. The predicted octanol–water partition coefficient (Wildman–Crippen LogP) is 2.41. The number of hydrogen-bond donors (Lipinski definition) is 1. The Hall–Kier alpha value is -1.22. The molecule has 16 heavy (non-hydrogen) atoms.